The predicted molar refractivity (Wildman–Crippen MR) is 347 cm³/mol. The van der Waals surface area contributed by atoms with E-state index in [1.54, 1.807) is 0 Å². The molecule has 0 nitrogen and oxygen atoms in total. The van der Waals surface area contributed by atoms with Crippen LogP contribution in [0.5, 0.6) is 0 Å². The first-order valence-corrected chi connectivity index (χ1v) is 30.4. The Morgan fingerprint density at radius 2 is 0.519 bits per heavy atom. The van der Waals surface area contributed by atoms with E-state index in [4.69, 9.17) is 0 Å². The molecule has 0 aliphatic heterocycles. The van der Waals surface area contributed by atoms with Crippen LogP contribution in [0, 0.1) is 0 Å². The first-order chi connectivity index (χ1) is 39.2. The van der Waals surface area contributed by atoms with E-state index in [-0.39, 0.29) is 14.5 Å². The molecular weight excluding hydrogens is 1060 g/mol. The fraction of sp³-hybridized carbons (Fsp3) is 0. The van der Waals surface area contributed by atoms with Crippen molar-refractivity contribution in [2.75, 3.05) is 0 Å². The topological polar surface area (TPSA) is 0 Å². The summed E-state index contributed by atoms with van der Waals surface area (Å²) < 4.78 is 8.17. The minimum absolute atomic E-state index is 0.102. The second-order valence-corrected chi connectivity index (χ2v) is 25.3. The van der Waals surface area contributed by atoms with Crippen molar-refractivity contribution in [3.63, 3.8) is 0 Å². The molecule has 79 heavy (non-hydrogen) atoms. The summed E-state index contributed by atoms with van der Waals surface area (Å²) in [6.45, 7) is 0. The zero-order valence-electron chi connectivity index (χ0n) is 42.6. The summed E-state index contributed by atoms with van der Waals surface area (Å²) in [6.07, 6.45) is 0. The molecule has 0 saturated carbocycles. The third-order valence-corrected chi connectivity index (χ3v) is 21.5. The molecule has 0 unspecified atom stereocenters. The van der Waals surface area contributed by atoms with Crippen molar-refractivity contribution in [1.29, 1.82) is 0 Å². The van der Waals surface area contributed by atoms with Gasteiger partial charge in [0.05, 0.1) is 0 Å². The number of benzene rings is 14. The minimum Gasteiger partial charge on any atom is -0.0617 e. The van der Waals surface area contributed by atoms with Gasteiger partial charge in [0.25, 0.3) is 0 Å². The molecule has 0 aliphatic rings. The van der Waals surface area contributed by atoms with Crippen LogP contribution in [0.15, 0.2) is 267 Å². The van der Waals surface area contributed by atoms with Gasteiger partial charge in [-0.3, -0.25) is 0 Å². The number of hydrogen-bond acceptors (Lipinski definition) is 2. The molecule has 3 heterocycles. The summed E-state index contributed by atoms with van der Waals surface area (Å²) in [7, 11) is 0. The van der Waals surface area contributed by atoms with E-state index < -0.39 is 0 Å². The number of hydrogen-bond donors (Lipinski definition) is 0. The summed E-state index contributed by atoms with van der Waals surface area (Å²) >= 11 is 3.87. The molecule has 0 saturated heterocycles. The smallest absolute Gasteiger partial charge is 0.0617 e. The molecule has 0 atom stereocenters. The van der Waals surface area contributed by atoms with Crippen molar-refractivity contribution in [3.8, 4) is 66.8 Å². The number of thiophene rings is 2. The molecule has 0 fully saturated rings. The van der Waals surface area contributed by atoms with Gasteiger partial charge in [-0.15, -0.1) is 11.3 Å². The van der Waals surface area contributed by atoms with Crippen LogP contribution in [0.25, 0.3) is 169 Å². The van der Waals surface area contributed by atoms with Crippen LogP contribution in [0.4, 0.5) is 0 Å². The van der Waals surface area contributed by atoms with Gasteiger partial charge in [0.1, 0.15) is 0 Å². The SMILES string of the molecule is c1ccc(-c2ccc3sc4ccc(-c5c6ccccc6c(-c6ccc7[se]c8c(-c9c%10ccccc%10c(-c%10ccc%11sc%12ccc(-c%13ccccc%13)cc%12c%11c%10)c%10ccccc9%10)cccc8c7c6)c6ccccc56)cc4c3c2)cc1. The van der Waals surface area contributed by atoms with Gasteiger partial charge in [-0.25, -0.2) is 0 Å². The molecule has 0 N–H and O–H groups in total. The number of fused-ring (bicyclic) bond motifs is 13. The zero-order valence-corrected chi connectivity index (χ0v) is 46.0. The van der Waals surface area contributed by atoms with Crippen LogP contribution in [0.1, 0.15) is 0 Å². The molecule has 366 valence electrons. The quantitative estimate of drug-likeness (QED) is 0.115. The van der Waals surface area contributed by atoms with Gasteiger partial charge in [-0.2, -0.15) is 0 Å². The molecule has 14 aromatic carbocycles. The van der Waals surface area contributed by atoms with E-state index in [0.29, 0.717) is 0 Å². The molecule has 0 bridgehead atoms. The third-order valence-electron chi connectivity index (χ3n) is 16.6. The second-order valence-electron chi connectivity index (χ2n) is 21.0. The van der Waals surface area contributed by atoms with E-state index in [9.17, 15) is 0 Å². The van der Waals surface area contributed by atoms with Crippen LogP contribution in [-0.4, -0.2) is 14.5 Å². The third kappa shape index (κ3) is 7.04. The van der Waals surface area contributed by atoms with E-state index in [1.165, 1.54) is 169 Å². The molecule has 0 aliphatic carbocycles. The predicted octanol–water partition coefficient (Wildman–Crippen LogP) is 22.4. The Morgan fingerprint density at radius 1 is 0.203 bits per heavy atom. The standard InChI is InChI=1S/C76H44S2Se/c1-3-16-45(17-4-1)47-30-35-67-62(40-47)64-42-49(32-37-69(64)77-67)72-52-20-7-9-22-54(52)74(55-23-10-8-21-53(55)72)51-34-39-71-66(44-51)60-28-15-29-61(76(60)79-71)75-58-26-13-11-24-56(58)73(57-25-12-14-27-59(57)75)50-33-38-70-65(43-50)63-41-48(31-36-68(63)78-70)46-18-5-2-6-19-46/h1-44H. The Hall–Kier alpha value is -8.92. The van der Waals surface area contributed by atoms with Gasteiger partial charge in [-0.1, -0.05) is 72.8 Å². The van der Waals surface area contributed by atoms with Crippen LogP contribution >= 0.6 is 22.7 Å². The zero-order chi connectivity index (χ0) is 51.7. The van der Waals surface area contributed by atoms with Gasteiger partial charge in [-0.05, 0) is 28.8 Å². The summed E-state index contributed by atoms with van der Waals surface area (Å²) in [6, 6.07) is 101. The van der Waals surface area contributed by atoms with Crippen molar-refractivity contribution in [1.82, 2.24) is 0 Å². The summed E-state index contributed by atoms with van der Waals surface area (Å²) in [5.74, 6) is 0. The Labute approximate surface area is 470 Å². The molecule has 0 spiro atoms. The Bertz CT molecular complexity index is 5250. The van der Waals surface area contributed by atoms with E-state index in [0.717, 1.165) is 0 Å². The van der Waals surface area contributed by atoms with Gasteiger partial charge >= 0.3 is 356 Å². The summed E-state index contributed by atoms with van der Waals surface area (Å²) in [5.41, 5.74) is 15.3. The monoisotopic (exact) mass is 1100 g/mol. The Balaban J connectivity index is 0.823. The maximum atomic E-state index is 2.51. The van der Waals surface area contributed by atoms with E-state index in [2.05, 4.69) is 267 Å². The molecule has 17 rings (SSSR count). The van der Waals surface area contributed by atoms with Gasteiger partial charge < -0.3 is 0 Å². The van der Waals surface area contributed by atoms with E-state index >= 15 is 0 Å². The van der Waals surface area contributed by atoms with Gasteiger partial charge in [0.15, 0.2) is 0 Å². The maximum absolute atomic E-state index is 2.51. The van der Waals surface area contributed by atoms with Crippen LogP contribution < -0.4 is 0 Å². The van der Waals surface area contributed by atoms with E-state index in [1.807, 2.05) is 22.7 Å². The van der Waals surface area contributed by atoms with Crippen molar-refractivity contribution in [2.24, 2.45) is 0 Å². The minimum atomic E-state index is 0.102. The Kier molecular flexibility index (Phi) is 10.2. The fourth-order valence-electron chi connectivity index (χ4n) is 13.1. The summed E-state index contributed by atoms with van der Waals surface area (Å²) in [4.78, 5) is 0. The second kappa shape index (κ2) is 17.8. The van der Waals surface area contributed by atoms with Crippen LogP contribution in [0.3, 0.4) is 0 Å². The van der Waals surface area contributed by atoms with Gasteiger partial charge in [0, 0.05) is 4.70 Å². The molecule has 17 aromatic rings. The molecule has 0 radical (unpaired) electrons. The summed E-state index contributed by atoms with van der Waals surface area (Å²) in [5, 5.41) is 18.2. The van der Waals surface area contributed by atoms with Crippen molar-refractivity contribution >= 4 is 140 Å². The average molecular weight is 1100 g/mol. The fourth-order valence-corrected chi connectivity index (χ4v) is 17.8. The van der Waals surface area contributed by atoms with Crippen LogP contribution in [0.2, 0.25) is 0 Å². The molecule has 3 aromatic heterocycles. The first-order valence-electron chi connectivity index (χ1n) is 27.0. The molecule has 0 amide bonds. The van der Waals surface area contributed by atoms with Crippen LogP contribution in [-0.2, 0) is 0 Å². The normalized spacial score (nSPS) is 12.1. The van der Waals surface area contributed by atoms with Crippen molar-refractivity contribution < 1.29 is 0 Å². The Morgan fingerprint density at radius 3 is 0.924 bits per heavy atom. The average Bonchev–Trinajstić information content (AvgIpc) is 4.42. The van der Waals surface area contributed by atoms with Crippen molar-refractivity contribution in [3.05, 3.63) is 267 Å². The molecular formula is C76H44S2Se. The molecule has 3 heteroatoms. The first kappa shape index (κ1) is 45.1. The van der Waals surface area contributed by atoms with Gasteiger partial charge in [0.2, 0.25) is 0 Å². The number of rotatable bonds is 6. The van der Waals surface area contributed by atoms with Crippen molar-refractivity contribution in [2.45, 2.75) is 0 Å².